The van der Waals surface area contributed by atoms with Gasteiger partial charge in [0, 0.05) is 0 Å². The third-order valence-corrected chi connectivity index (χ3v) is 6.47. The average molecular weight is 160 g/mol. The summed E-state index contributed by atoms with van der Waals surface area (Å²) in [5.41, 5.74) is 0. The predicted molar refractivity (Wildman–Crippen MR) is 46.4 cm³/mol. The highest BCUT2D eigenvalue weighted by atomic mass is 14.8. The van der Waals surface area contributed by atoms with Crippen LogP contribution in [-0.2, 0) is 0 Å². The van der Waals surface area contributed by atoms with Crippen LogP contribution in [0.3, 0.4) is 0 Å². The van der Waals surface area contributed by atoms with Crippen LogP contribution >= 0.6 is 0 Å². The first-order valence-electron chi connectivity index (χ1n) is 5.93. The van der Waals surface area contributed by atoms with Crippen molar-refractivity contribution in [3.63, 3.8) is 0 Å². The van der Waals surface area contributed by atoms with Crippen molar-refractivity contribution < 1.29 is 0 Å². The van der Waals surface area contributed by atoms with Crippen LogP contribution in [0, 0.1) is 47.3 Å². The zero-order valence-electron chi connectivity index (χ0n) is 7.45. The summed E-state index contributed by atoms with van der Waals surface area (Å²) in [5.74, 6) is 9.99. The van der Waals surface area contributed by atoms with E-state index in [9.17, 15) is 0 Å². The van der Waals surface area contributed by atoms with E-state index in [1.165, 1.54) is 47.3 Å². The summed E-state index contributed by atoms with van der Waals surface area (Å²) >= 11 is 0. The lowest BCUT2D eigenvalue weighted by atomic mass is 9.71. The molecule has 5 fully saturated rings. The average Bonchev–Trinajstić information content (AvgIpc) is 2.65. The van der Waals surface area contributed by atoms with E-state index in [-0.39, 0.29) is 0 Å². The summed E-state index contributed by atoms with van der Waals surface area (Å²) < 4.78 is 0. The van der Waals surface area contributed by atoms with Gasteiger partial charge < -0.3 is 0 Å². The van der Waals surface area contributed by atoms with Gasteiger partial charge in [-0.3, -0.25) is 0 Å². The van der Waals surface area contributed by atoms with E-state index in [2.05, 4.69) is 0 Å². The van der Waals surface area contributed by atoms with Gasteiger partial charge in [-0.15, -0.1) is 0 Å². The van der Waals surface area contributed by atoms with Crippen molar-refractivity contribution in [2.24, 2.45) is 47.3 Å². The largest absolute Gasteiger partial charge is 0.0467 e. The fraction of sp³-hybridized carbons (Fsp3) is 1.00. The van der Waals surface area contributed by atoms with E-state index in [4.69, 9.17) is 0 Å². The molecule has 0 radical (unpaired) electrons. The molecular formula is C12H16. The highest BCUT2D eigenvalue weighted by molar-refractivity contribution is 5.20. The van der Waals surface area contributed by atoms with Crippen molar-refractivity contribution in [3.8, 4) is 0 Å². The number of hydrogen-bond acceptors (Lipinski definition) is 0. The van der Waals surface area contributed by atoms with Crippen LogP contribution in [0.25, 0.3) is 0 Å². The van der Waals surface area contributed by atoms with E-state index >= 15 is 0 Å². The molecule has 5 aliphatic rings. The summed E-state index contributed by atoms with van der Waals surface area (Å²) in [6.45, 7) is 0. The molecule has 5 rings (SSSR count). The van der Waals surface area contributed by atoms with Gasteiger partial charge in [0.2, 0.25) is 0 Å². The molecule has 0 heteroatoms. The van der Waals surface area contributed by atoms with Gasteiger partial charge in [0.1, 0.15) is 0 Å². The second kappa shape index (κ2) is 1.40. The maximum atomic E-state index is 1.67. The van der Waals surface area contributed by atoms with Gasteiger partial charge in [0.25, 0.3) is 0 Å². The first kappa shape index (κ1) is 5.67. The molecule has 4 unspecified atom stereocenters. The van der Waals surface area contributed by atoms with Gasteiger partial charge >= 0.3 is 0 Å². The fourth-order valence-corrected chi connectivity index (χ4v) is 6.72. The molecule has 0 aliphatic heterocycles. The van der Waals surface area contributed by atoms with Crippen LogP contribution in [0.4, 0.5) is 0 Å². The molecule has 0 nitrogen and oxygen atoms in total. The second-order valence-corrected chi connectivity index (χ2v) is 6.27. The molecule has 12 heavy (non-hydrogen) atoms. The lowest BCUT2D eigenvalue weighted by Gasteiger charge is -2.34. The maximum Gasteiger partial charge on any atom is -0.0323 e. The predicted octanol–water partition coefficient (Wildman–Crippen LogP) is 2.54. The third-order valence-electron chi connectivity index (χ3n) is 6.47. The molecular weight excluding hydrogens is 144 g/mol. The molecule has 0 aromatic heterocycles. The second-order valence-electron chi connectivity index (χ2n) is 6.27. The first-order valence-corrected chi connectivity index (χ1v) is 5.93. The number of hydrogen-bond donors (Lipinski definition) is 0. The third kappa shape index (κ3) is 0.352. The van der Waals surface area contributed by atoms with E-state index < -0.39 is 0 Å². The van der Waals surface area contributed by atoms with Crippen molar-refractivity contribution in [1.82, 2.24) is 0 Å². The summed E-state index contributed by atoms with van der Waals surface area (Å²) in [6, 6.07) is 0. The molecule has 0 heterocycles. The molecule has 0 amide bonds. The quantitative estimate of drug-likeness (QED) is 0.511. The van der Waals surface area contributed by atoms with Crippen molar-refractivity contribution in [2.75, 3.05) is 0 Å². The molecule has 0 spiro atoms. The Balaban J connectivity index is 1.85. The molecule has 64 valence electrons. The molecule has 0 saturated heterocycles. The standard InChI is InChI=1S/C12H16/c1-5-2-9-10-4-6-3-8(11(5)10)7(1)12(6)9/h5-12H,1-4H2. The normalized spacial score (nSPS) is 80.0. The van der Waals surface area contributed by atoms with Crippen molar-refractivity contribution in [1.29, 1.82) is 0 Å². The monoisotopic (exact) mass is 160 g/mol. The zero-order valence-corrected chi connectivity index (χ0v) is 7.45. The Labute approximate surface area is 73.7 Å². The highest BCUT2D eigenvalue weighted by Gasteiger charge is 2.71. The lowest BCUT2D eigenvalue weighted by Crippen LogP contribution is -2.29. The van der Waals surface area contributed by atoms with Gasteiger partial charge in [0.15, 0.2) is 0 Å². The first-order chi connectivity index (χ1) is 5.93. The molecule has 6 bridgehead atoms. The minimum Gasteiger partial charge on any atom is -0.0467 e. The molecule has 0 aromatic carbocycles. The van der Waals surface area contributed by atoms with E-state index in [1.807, 2.05) is 0 Å². The van der Waals surface area contributed by atoms with Crippen LogP contribution in [0.5, 0.6) is 0 Å². The fourth-order valence-electron chi connectivity index (χ4n) is 6.72. The Morgan fingerprint density at radius 1 is 0.500 bits per heavy atom. The summed E-state index contributed by atoms with van der Waals surface area (Å²) in [5, 5.41) is 0. The van der Waals surface area contributed by atoms with Gasteiger partial charge in [-0.05, 0) is 73.0 Å². The van der Waals surface area contributed by atoms with Gasteiger partial charge in [0.05, 0.1) is 0 Å². The van der Waals surface area contributed by atoms with Gasteiger partial charge in [-0.1, -0.05) is 0 Å². The van der Waals surface area contributed by atoms with E-state index in [1.54, 1.807) is 25.7 Å². The Morgan fingerprint density at radius 3 is 1.17 bits per heavy atom. The minimum absolute atomic E-state index is 1.23. The molecule has 5 aliphatic carbocycles. The Hall–Kier alpha value is 0. The maximum absolute atomic E-state index is 1.67. The highest BCUT2D eigenvalue weighted by Crippen LogP contribution is 2.78. The Bertz CT molecular complexity index is 217. The Morgan fingerprint density at radius 2 is 0.833 bits per heavy atom. The minimum atomic E-state index is 1.23. The van der Waals surface area contributed by atoms with Gasteiger partial charge in [-0.2, -0.15) is 0 Å². The summed E-state index contributed by atoms with van der Waals surface area (Å²) in [7, 11) is 0. The van der Waals surface area contributed by atoms with Crippen LogP contribution in [0.2, 0.25) is 0 Å². The summed E-state index contributed by atoms with van der Waals surface area (Å²) in [6.07, 6.45) is 6.68. The number of rotatable bonds is 0. The van der Waals surface area contributed by atoms with Crippen LogP contribution in [0.15, 0.2) is 0 Å². The van der Waals surface area contributed by atoms with Crippen LogP contribution < -0.4 is 0 Å². The van der Waals surface area contributed by atoms with Crippen molar-refractivity contribution >= 4 is 0 Å². The molecule has 0 N–H and O–H groups in total. The molecule has 5 saturated carbocycles. The summed E-state index contributed by atoms with van der Waals surface area (Å²) in [4.78, 5) is 0. The van der Waals surface area contributed by atoms with E-state index in [0.717, 1.165) is 0 Å². The Kier molecular flexibility index (Phi) is 0.663. The lowest BCUT2D eigenvalue weighted by molar-refractivity contribution is 0.140. The molecule has 4 atom stereocenters. The molecule has 0 aromatic rings. The van der Waals surface area contributed by atoms with Crippen LogP contribution in [-0.4, -0.2) is 0 Å². The smallest absolute Gasteiger partial charge is 0.0323 e. The van der Waals surface area contributed by atoms with Crippen molar-refractivity contribution in [3.05, 3.63) is 0 Å². The van der Waals surface area contributed by atoms with Gasteiger partial charge in [-0.25, -0.2) is 0 Å². The zero-order chi connectivity index (χ0) is 7.45. The van der Waals surface area contributed by atoms with E-state index in [0.29, 0.717) is 0 Å². The SMILES string of the molecule is C1C2CC3C4CC5CC(C1C53)C24. The van der Waals surface area contributed by atoms with Crippen molar-refractivity contribution in [2.45, 2.75) is 25.7 Å². The van der Waals surface area contributed by atoms with Crippen LogP contribution in [0.1, 0.15) is 25.7 Å². The topological polar surface area (TPSA) is 0 Å².